The summed E-state index contributed by atoms with van der Waals surface area (Å²) in [5.74, 6) is 0. The Kier molecular flexibility index (Phi) is 4.69. The van der Waals surface area contributed by atoms with Crippen LogP contribution in [0.15, 0.2) is 158 Å². The Morgan fingerprint density at radius 2 is 0.980 bits per heavy atom. The van der Waals surface area contributed by atoms with Crippen molar-refractivity contribution in [3.05, 3.63) is 158 Å². The fraction of sp³-hybridized carbons (Fsp3) is 0. The molecule has 4 nitrogen and oxygen atoms in total. The van der Waals surface area contributed by atoms with Gasteiger partial charge in [0, 0.05) is 21.8 Å². The number of rotatable bonds is 2. The van der Waals surface area contributed by atoms with Gasteiger partial charge in [-0.2, -0.15) is 0 Å². The number of benzene rings is 7. The molecule has 4 aromatic heterocycles. The minimum Gasteiger partial charge on any atom is -0.308 e. The topological polar surface area (TPSA) is 27.2 Å². The summed E-state index contributed by atoms with van der Waals surface area (Å²) in [6, 6.07) is 57.3. The van der Waals surface area contributed by atoms with Crippen LogP contribution in [0.25, 0.3) is 105 Å². The van der Waals surface area contributed by atoms with E-state index in [2.05, 4.69) is 171 Å². The van der Waals surface area contributed by atoms with Crippen molar-refractivity contribution in [2.24, 2.45) is 0 Å². The second-order valence-corrected chi connectivity index (χ2v) is 13.1. The number of nitrogens with zero attached hydrogens (tertiary/aromatic N) is 4. The van der Waals surface area contributed by atoms with Crippen molar-refractivity contribution in [2.45, 2.75) is 0 Å². The van der Waals surface area contributed by atoms with Crippen LogP contribution < -0.4 is 0 Å². The second-order valence-electron chi connectivity index (χ2n) is 13.1. The highest BCUT2D eigenvalue weighted by atomic mass is 15.1. The van der Waals surface area contributed by atoms with Crippen LogP contribution in [-0.4, -0.2) is 18.5 Å². The fourth-order valence-electron chi connectivity index (χ4n) is 8.86. The Bertz CT molecular complexity index is 3180. The zero-order chi connectivity index (χ0) is 31.8. The molecule has 0 atom stereocenters. The molecule has 0 spiro atoms. The first kappa shape index (κ1) is 25.4. The lowest BCUT2D eigenvalue weighted by atomic mass is 10.0. The van der Waals surface area contributed by atoms with Crippen molar-refractivity contribution in [2.75, 3.05) is 0 Å². The van der Waals surface area contributed by atoms with E-state index in [0.29, 0.717) is 0 Å². The molecule has 12 rings (SSSR count). The predicted octanol–water partition coefficient (Wildman–Crippen LogP) is 11.5. The van der Waals surface area contributed by atoms with E-state index in [1.807, 2.05) is 0 Å². The van der Waals surface area contributed by atoms with Gasteiger partial charge in [0.1, 0.15) is 11.3 Å². The van der Waals surface area contributed by atoms with Gasteiger partial charge >= 0.3 is 0 Å². The second kappa shape index (κ2) is 9.03. The van der Waals surface area contributed by atoms with E-state index in [9.17, 15) is 0 Å². The Morgan fingerprint density at radius 1 is 0.388 bits per heavy atom. The molecule has 0 bridgehead atoms. The number of hydrogen-bond donors (Lipinski definition) is 0. The van der Waals surface area contributed by atoms with Crippen molar-refractivity contribution >= 4 is 71.2 Å². The van der Waals surface area contributed by atoms with Crippen molar-refractivity contribution in [1.82, 2.24) is 18.5 Å². The lowest BCUT2D eigenvalue weighted by Gasteiger charge is -2.15. The molecule has 1 aliphatic rings. The standard InChI is InChI=1S/C45H26N4/c1-2-13-27(14-3-1)47-36-22-9-7-18-34(36)42-43-41(44-46-35-21-8-11-24-39(35)49(44)45(42)47)33-17-6-10-23-37(33)48(43)38-26-25-31-29-16-5-4-15-28(29)30-19-12-20-32(38)40(30)31/h1-26H. The summed E-state index contributed by atoms with van der Waals surface area (Å²) in [4.78, 5) is 5.42. The van der Waals surface area contributed by atoms with Crippen LogP contribution in [-0.2, 0) is 0 Å². The maximum Gasteiger partial charge on any atom is 0.149 e. The molecule has 0 radical (unpaired) electrons. The summed E-state index contributed by atoms with van der Waals surface area (Å²) in [6.07, 6.45) is 0. The summed E-state index contributed by atoms with van der Waals surface area (Å²) in [7, 11) is 0. The third kappa shape index (κ3) is 3.07. The van der Waals surface area contributed by atoms with Crippen LogP contribution in [0.5, 0.6) is 0 Å². The molecule has 0 saturated carbocycles. The van der Waals surface area contributed by atoms with Gasteiger partial charge in [-0.25, -0.2) is 4.98 Å². The van der Waals surface area contributed by atoms with Gasteiger partial charge in [-0.3, -0.25) is 8.97 Å². The molecule has 0 amide bonds. The molecule has 0 unspecified atom stereocenters. The van der Waals surface area contributed by atoms with E-state index in [1.54, 1.807) is 0 Å². The van der Waals surface area contributed by atoms with E-state index < -0.39 is 0 Å². The number of hydrogen-bond acceptors (Lipinski definition) is 1. The van der Waals surface area contributed by atoms with E-state index in [4.69, 9.17) is 4.98 Å². The molecule has 49 heavy (non-hydrogen) atoms. The van der Waals surface area contributed by atoms with Crippen molar-refractivity contribution in [3.63, 3.8) is 0 Å². The highest BCUT2D eigenvalue weighted by Crippen LogP contribution is 2.50. The number of imidazole rings is 1. The van der Waals surface area contributed by atoms with Crippen LogP contribution >= 0.6 is 0 Å². The smallest absolute Gasteiger partial charge is 0.149 e. The maximum atomic E-state index is 5.42. The first-order chi connectivity index (χ1) is 24.4. The minimum absolute atomic E-state index is 0.969. The largest absolute Gasteiger partial charge is 0.308 e. The first-order valence-corrected chi connectivity index (χ1v) is 16.8. The summed E-state index contributed by atoms with van der Waals surface area (Å²) in [5.41, 5.74) is 15.2. The van der Waals surface area contributed by atoms with Crippen molar-refractivity contribution in [1.29, 1.82) is 0 Å². The maximum absolute atomic E-state index is 5.42. The van der Waals surface area contributed by atoms with Gasteiger partial charge in [0.05, 0.1) is 44.0 Å². The molecule has 4 heterocycles. The van der Waals surface area contributed by atoms with Gasteiger partial charge < -0.3 is 4.57 Å². The quantitative estimate of drug-likeness (QED) is 0.188. The lowest BCUT2D eigenvalue weighted by molar-refractivity contribution is 1.11. The molecular formula is C45H26N4. The molecular weight excluding hydrogens is 597 g/mol. The fourth-order valence-corrected chi connectivity index (χ4v) is 8.86. The van der Waals surface area contributed by atoms with Crippen LogP contribution in [0, 0.1) is 0 Å². The molecule has 0 saturated heterocycles. The third-order valence-electron chi connectivity index (χ3n) is 10.7. The summed E-state index contributed by atoms with van der Waals surface area (Å²) >= 11 is 0. The van der Waals surface area contributed by atoms with Crippen LogP contribution in [0.3, 0.4) is 0 Å². The zero-order valence-electron chi connectivity index (χ0n) is 26.3. The Morgan fingerprint density at radius 3 is 1.78 bits per heavy atom. The number of fused-ring (bicyclic) bond motifs is 15. The highest BCUT2D eigenvalue weighted by molar-refractivity contribution is 6.30. The predicted molar refractivity (Wildman–Crippen MR) is 203 cm³/mol. The molecule has 0 aliphatic heterocycles. The van der Waals surface area contributed by atoms with E-state index in [0.717, 1.165) is 28.0 Å². The van der Waals surface area contributed by atoms with Gasteiger partial charge in [0.25, 0.3) is 0 Å². The Balaban J connectivity index is 1.38. The molecule has 1 aliphatic carbocycles. The monoisotopic (exact) mass is 622 g/mol. The van der Waals surface area contributed by atoms with Gasteiger partial charge in [0.2, 0.25) is 0 Å². The van der Waals surface area contributed by atoms with Crippen molar-refractivity contribution < 1.29 is 0 Å². The average molecular weight is 623 g/mol. The van der Waals surface area contributed by atoms with Crippen LogP contribution in [0.1, 0.15) is 0 Å². The molecule has 4 heteroatoms. The van der Waals surface area contributed by atoms with Crippen LogP contribution in [0.4, 0.5) is 0 Å². The Hall–Kier alpha value is -6.65. The highest BCUT2D eigenvalue weighted by Gasteiger charge is 2.28. The minimum atomic E-state index is 0.969. The van der Waals surface area contributed by atoms with Gasteiger partial charge in [-0.1, -0.05) is 115 Å². The molecule has 226 valence electrons. The molecule has 0 fully saturated rings. The Labute approximate surface area is 280 Å². The lowest BCUT2D eigenvalue weighted by Crippen LogP contribution is -2.01. The van der Waals surface area contributed by atoms with Gasteiger partial charge in [-0.05, 0) is 70.1 Å². The van der Waals surface area contributed by atoms with E-state index in [1.165, 1.54) is 76.8 Å². The SMILES string of the molecule is c1ccc(-n2c3ccccc3c3c4c(c5ccccc5n4-c4ccc5c6c(cccc46)-c4ccccc4-5)c4nc5ccccc5n4c32)cc1. The molecule has 7 aromatic carbocycles. The third-order valence-corrected chi connectivity index (χ3v) is 10.7. The zero-order valence-corrected chi connectivity index (χ0v) is 26.3. The number of para-hydroxylation sites is 5. The number of aromatic nitrogens is 4. The van der Waals surface area contributed by atoms with E-state index in [-0.39, 0.29) is 0 Å². The first-order valence-electron chi connectivity index (χ1n) is 16.8. The molecule has 0 N–H and O–H groups in total. The summed E-state index contributed by atoms with van der Waals surface area (Å²) in [6.45, 7) is 0. The average Bonchev–Trinajstić information content (AvgIpc) is 3.90. The van der Waals surface area contributed by atoms with Gasteiger partial charge in [0.15, 0.2) is 0 Å². The normalized spacial score (nSPS) is 12.5. The molecule has 11 aromatic rings. The van der Waals surface area contributed by atoms with Crippen LogP contribution in [0.2, 0.25) is 0 Å². The van der Waals surface area contributed by atoms with E-state index >= 15 is 0 Å². The van der Waals surface area contributed by atoms with Gasteiger partial charge in [-0.15, -0.1) is 0 Å². The summed E-state index contributed by atoms with van der Waals surface area (Å²) < 4.78 is 7.36. The number of pyridine rings is 1. The summed E-state index contributed by atoms with van der Waals surface area (Å²) in [5, 5.41) is 7.37. The van der Waals surface area contributed by atoms with Crippen molar-refractivity contribution in [3.8, 4) is 33.6 Å².